The van der Waals surface area contributed by atoms with E-state index in [1.807, 2.05) is 52.0 Å². The number of halogens is 1. The quantitative estimate of drug-likeness (QED) is 0.427. The van der Waals surface area contributed by atoms with Crippen molar-refractivity contribution in [3.05, 3.63) is 64.2 Å². The molecular weight excluding hydrogens is 530 g/mol. The van der Waals surface area contributed by atoms with Gasteiger partial charge in [-0.25, -0.2) is 0 Å². The van der Waals surface area contributed by atoms with E-state index in [1.54, 1.807) is 30.1 Å². The smallest absolute Gasteiger partial charge is 0.246 e. The maximum atomic E-state index is 13.6. The highest BCUT2D eigenvalue weighted by atomic mass is 35.5. The van der Waals surface area contributed by atoms with E-state index < -0.39 is 23.9 Å². The molecule has 10 heteroatoms. The highest BCUT2D eigenvalue weighted by Crippen LogP contribution is 2.25. The Balaban J connectivity index is 1.77. The third kappa shape index (κ3) is 7.82. The molecule has 1 aliphatic heterocycles. The molecule has 216 valence electrons. The summed E-state index contributed by atoms with van der Waals surface area (Å²) in [5, 5.41) is 6.23. The van der Waals surface area contributed by atoms with Gasteiger partial charge in [-0.05, 0) is 75.5 Å². The second-order valence-electron chi connectivity index (χ2n) is 11.2. The molecule has 1 heterocycles. The Hall–Kier alpha value is -3.43. The number of nitrogens with one attached hydrogen (secondary N) is 2. The Morgan fingerprint density at radius 3 is 2.40 bits per heavy atom. The predicted octanol–water partition coefficient (Wildman–Crippen LogP) is 3.41. The van der Waals surface area contributed by atoms with Crippen LogP contribution in [0.15, 0.2) is 42.5 Å². The van der Waals surface area contributed by atoms with Crippen LogP contribution in [0.3, 0.4) is 0 Å². The summed E-state index contributed by atoms with van der Waals surface area (Å²) in [6, 6.07) is 11.1. The zero-order chi connectivity index (χ0) is 29.6. The number of amides is 4. The summed E-state index contributed by atoms with van der Waals surface area (Å²) in [5.41, 5.74) is 8.68. The molecule has 0 spiro atoms. The van der Waals surface area contributed by atoms with Crippen molar-refractivity contribution in [2.75, 3.05) is 18.9 Å². The van der Waals surface area contributed by atoms with Gasteiger partial charge in [0.25, 0.3) is 0 Å². The number of carbonyl (C=O) groups excluding carboxylic acids is 4. The standard InChI is InChI=1S/C30H40ClN5O4/c1-19-16-22(10-11-23(19)31)33-28(39)24(14-15-32)34-29(40)25-17-20-8-6-7-9-21(20)18-36(25)27(38)13-12-26(37)35(5)30(2,3)4/h6-11,16,24-25H,12-15,17-18,32H2,1-5H3,(H,33,39)(H,34,40)/t24-,25-/m0/s1. The van der Waals surface area contributed by atoms with Crippen LogP contribution in [-0.2, 0) is 32.1 Å². The molecule has 4 amide bonds. The van der Waals surface area contributed by atoms with Crippen LogP contribution in [0.2, 0.25) is 5.02 Å². The number of anilines is 1. The molecule has 0 saturated carbocycles. The minimum absolute atomic E-state index is 0.0200. The lowest BCUT2D eigenvalue weighted by Gasteiger charge is -2.37. The molecule has 9 nitrogen and oxygen atoms in total. The van der Waals surface area contributed by atoms with Crippen LogP contribution in [0, 0.1) is 6.92 Å². The normalized spacial score (nSPS) is 15.6. The number of rotatable bonds is 9. The first kappa shape index (κ1) is 31.1. The second kappa shape index (κ2) is 13.3. The fraction of sp³-hybridized carbons (Fsp3) is 0.467. The van der Waals surface area contributed by atoms with Gasteiger partial charge in [-0.3, -0.25) is 19.2 Å². The van der Waals surface area contributed by atoms with E-state index in [0.717, 1.165) is 16.7 Å². The molecule has 0 aromatic heterocycles. The van der Waals surface area contributed by atoms with Gasteiger partial charge in [0.1, 0.15) is 12.1 Å². The number of benzene rings is 2. The van der Waals surface area contributed by atoms with Gasteiger partial charge >= 0.3 is 0 Å². The third-order valence-electron chi connectivity index (χ3n) is 7.32. The van der Waals surface area contributed by atoms with Crippen LogP contribution in [0.5, 0.6) is 0 Å². The topological polar surface area (TPSA) is 125 Å². The Labute approximate surface area is 241 Å². The van der Waals surface area contributed by atoms with E-state index >= 15 is 0 Å². The minimum atomic E-state index is -0.899. The van der Waals surface area contributed by atoms with E-state index in [-0.39, 0.29) is 49.7 Å². The van der Waals surface area contributed by atoms with Crippen molar-refractivity contribution < 1.29 is 19.2 Å². The van der Waals surface area contributed by atoms with Crippen LogP contribution in [0.25, 0.3) is 0 Å². The average Bonchev–Trinajstić information content (AvgIpc) is 2.91. The predicted molar refractivity (Wildman–Crippen MR) is 157 cm³/mol. The first-order chi connectivity index (χ1) is 18.8. The summed E-state index contributed by atoms with van der Waals surface area (Å²) in [4.78, 5) is 56.0. The summed E-state index contributed by atoms with van der Waals surface area (Å²) >= 11 is 6.09. The average molecular weight is 570 g/mol. The Kier molecular flexibility index (Phi) is 10.3. The van der Waals surface area contributed by atoms with Crippen LogP contribution in [0.1, 0.15) is 56.7 Å². The van der Waals surface area contributed by atoms with Crippen molar-refractivity contribution in [2.24, 2.45) is 5.73 Å². The summed E-state index contributed by atoms with van der Waals surface area (Å²) in [6.07, 6.45) is 0.539. The minimum Gasteiger partial charge on any atom is -0.342 e. The first-order valence-corrected chi connectivity index (χ1v) is 13.9. The van der Waals surface area contributed by atoms with Crippen molar-refractivity contribution >= 4 is 40.9 Å². The van der Waals surface area contributed by atoms with E-state index in [9.17, 15) is 19.2 Å². The van der Waals surface area contributed by atoms with Crippen LogP contribution >= 0.6 is 11.6 Å². The molecule has 0 aliphatic carbocycles. The third-order valence-corrected chi connectivity index (χ3v) is 7.74. The summed E-state index contributed by atoms with van der Waals surface area (Å²) in [7, 11) is 1.72. The van der Waals surface area contributed by atoms with Gasteiger partial charge in [0, 0.05) is 49.1 Å². The number of aryl methyl sites for hydroxylation is 1. The number of nitrogens with two attached hydrogens (primary N) is 1. The largest absolute Gasteiger partial charge is 0.342 e. The number of hydrogen-bond acceptors (Lipinski definition) is 5. The fourth-order valence-corrected chi connectivity index (χ4v) is 4.69. The molecule has 0 fully saturated rings. The molecule has 0 saturated heterocycles. The lowest BCUT2D eigenvalue weighted by Crippen LogP contribution is -2.56. The summed E-state index contributed by atoms with van der Waals surface area (Å²) in [5.74, 6) is -1.29. The van der Waals surface area contributed by atoms with Gasteiger partial charge in [0.05, 0.1) is 0 Å². The van der Waals surface area contributed by atoms with Crippen LogP contribution in [0.4, 0.5) is 5.69 Å². The van der Waals surface area contributed by atoms with E-state index in [1.165, 1.54) is 4.90 Å². The Morgan fingerprint density at radius 1 is 1.10 bits per heavy atom. The van der Waals surface area contributed by atoms with Gasteiger partial charge in [0.2, 0.25) is 23.6 Å². The Morgan fingerprint density at radius 2 is 1.77 bits per heavy atom. The molecule has 2 atom stereocenters. The maximum Gasteiger partial charge on any atom is 0.246 e. The molecule has 2 aromatic carbocycles. The monoisotopic (exact) mass is 569 g/mol. The molecule has 0 radical (unpaired) electrons. The van der Waals surface area contributed by atoms with E-state index in [2.05, 4.69) is 10.6 Å². The lowest BCUT2D eigenvalue weighted by molar-refractivity contribution is -0.144. The fourth-order valence-electron chi connectivity index (χ4n) is 4.57. The van der Waals surface area contributed by atoms with Crippen molar-refractivity contribution in [3.63, 3.8) is 0 Å². The highest BCUT2D eigenvalue weighted by Gasteiger charge is 2.36. The number of fused-ring (bicyclic) bond motifs is 1. The highest BCUT2D eigenvalue weighted by molar-refractivity contribution is 6.31. The Bertz CT molecular complexity index is 1260. The van der Waals surface area contributed by atoms with Gasteiger partial charge in [-0.2, -0.15) is 0 Å². The zero-order valence-electron chi connectivity index (χ0n) is 23.9. The summed E-state index contributed by atoms with van der Waals surface area (Å²) < 4.78 is 0. The van der Waals surface area contributed by atoms with E-state index in [0.29, 0.717) is 17.1 Å². The van der Waals surface area contributed by atoms with E-state index in [4.69, 9.17) is 17.3 Å². The van der Waals surface area contributed by atoms with Gasteiger partial charge in [0.15, 0.2) is 0 Å². The van der Waals surface area contributed by atoms with Crippen LogP contribution in [-0.4, -0.2) is 64.6 Å². The zero-order valence-corrected chi connectivity index (χ0v) is 24.7. The van der Waals surface area contributed by atoms with Gasteiger partial charge in [-0.15, -0.1) is 0 Å². The molecule has 1 aliphatic rings. The maximum absolute atomic E-state index is 13.6. The molecule has 4 N–H and O–H groups in total. The second-order valence-corrected chi connectivity index (χ2v) is 11.6. The van der Waals surface area contributed by atoms with Crippen molar-refractivity contribution in [3.8, 4) is 0 Å². The molecule has 40 heavy (non-hydrogen) atoms. The molecule has 0 unspecified atom stereocenters. The molecule has 3 rings (SSSR count). The van der Waals surface area contributed by atoms with Crippen molar-refractivity contribution in [1.82, 2.24) is 15.1 Å². The lowest BCUT2D eigenvalue weighted by atomic mass is 9.92. The number of carbonyl (C=O) groups is 4. The van der Waals surface area contributed by atoms with Crippen molar-refractivity contribution in [2.45, 2.75) is 77.5 Å². The first-order valence-electron chi connectivity index (χ1n) is 13.5. The van der Waals surface area contributed by atoms with Crippen molar-refractivity contribution in [1.29, 1.82) is 0 Å². The molecule has 0 bridgehead atoms. The number of nitrogens with zero attached hydrogens (tertiary/aromatic N) is 2. The SMILES string of the molecule is Cc1cc(NC(=O)[C@H](CCN)NC(=O)[C@@H]2Cc3ccccc3CN2C(=O)CCC(=O)N(C)C(C)(C)C)ccc1Cl. The van der Waals surface area contributed by atoms with Crippen LogP contribution < -0.4 is 16.4 Å². The molecular formula is C30H40ClN5O4. The molecule has 2 aromatic rings. The number of hydrogen-bond donors (Lipinski definition) is 3. The van der Waals surface area contributed by atoms with Gasteiger partial charge in [-0.1, -0.05) is 35.9 Å². The summed E-state index contributed by atoms with van der Waals surface area (Å²) in [6.45, 7) is 8.04. The van der Waals surface area contributed by atoms with Gasteiger partial charge < -0.3 is 26.2 Å².